The van der Waals surface area contributed by atoms with Gasteiger partial charge < -0.3 is 4.98 Å². The van der Waals surface area contributed by atoms with Gasteiger partial charge in [0.25, 0.3) is 0 Å². The first-order valence-electron chi connectivity index (χ1n) is 4.42. The maximum absolute atomic E-state index is 12.5. The number of fused-ring (bicyclic) bond motifs is 1. The summed E-state index contributed by atoms with van der Waals surface area (Å²) in [5.74, 6) is -1.43. The second-order valence-corrected chi connectivity index (χ2v) is 4.49. The van der Waals surface area contributed by atoms with Gasteiger partial charge in [0.2, 0.25) is 5.82 Å². The Bertz CT molecular complexity index is 698. The average Bonchev–Trinajstić information content (AvgIpc) is 2.70. The van der Waals surface area contributed by atoms with E-state index in [0.29, 0.717) is 0 Å². The first-order valence-corrected chi connectivity index (χ1v) is 5.55. The van der Waals surface area contributed by atoms with Gasteiger partial charge in [-0.25, -0.2) is 4.98 Å². The molecule has 0 amide bonds. The van der Waals surface area contributed by atoms with Crippen molar-refractivity contribution in [3.05, 3.63) is 31.0 Å². The van der Waals surface area contributed by atoms with Crippen LogP contribution in [0, 0.1) is 10.1 Å². The number of rotatable bonds is 1. The molecule has 0 aliphatic heterocycles. The van der Waals surface area contributed by atoms with Crippen molar-refractivity contribution in [3.63, 3.8) is 0 Å². The number of hydrogen-bond acceptors (Lipinski definition) is 3. The predicted molar refractivity (Wildman–Crippen MR) is 62.8 cm³/mol. The number of nitro groups is 1. The lowest BCUT2D eigenvalue weighted by Crippen LogP contribution is -2.06. The summed E-state index contributed by atoms with van der Waals surface area (Å²) < 4.78 is 37.6. The Hall–Kier alpha value is -1.25. The number of nitrogens with zero attached hydrogens (tertiary/aromatic N) is 2. The van der Waals surface area contributed by atoms with Gasteiger partial charge in [-0.15, -0.1) is 0 Å². The minimum Gasteiger partial charge on any atom is -0.333 e. The minimum atomic E-state index is -4.81. The molecule has 1 heterocycles. The molecule has 0 fully saturated rings. The Morgan fingerprint density at radius 2 is 1.74 bits per heavy atom. The van der Waals surface area contributed by atoms with Crippen LogP contribution in [-0.4, -0.2) is 14.9 Å². The number of aromatic amines is 1. The number of alkyl halides is 3. The first kappa shape index (κ1) is 14.2. The van der Waals surface area contributed by atoms with Crippen molar-refractivity contribution >= 4 is 51.5 Å². The molecule has 1 N–H and O–H groups in total. The van der Waals surface area contributed by atoms with Crippen LogP contribution in [0.1, 0.15) is 5.82 Å². The second-order valence-electron chi connectivity index (χ2n) is 3.35. The van der Waals surface area contributed by atoms with E-state index < -0.39 is 43.7 Å². The van der Waals surface area contributed by atoms with E-state index in [1.807, 2.05) is 4.98 Å². The van der Waals surface area contributed by atoms with Gasteiger partial charge in [-0.05, 0) is 0 Å². The lowest BCUT2D eigenvalue weighted by atomic mass is 10.2. The van der Waals surface area contributed by atoms with Crippen LogP contribution in [0.3, 0.4) is 0 Å². The van der Waals surface area contributed by atoms with Gasteiger partial charge in [-0.2, -0.15) is 13.2 Å². The van der Waals surface area contributed by atoms with E-state index in [1.54, 1.807) is 0 Å². The lowest BCUT2D eigenvalue weighted by Gasteiger charge is -2.01. The van der Waals surface area contributed by atoms with Crippen molar-refractivity contribution in [1.82, 2.24) is 9.97 Å². The molecule has 0 saturated carbocycles. The summed E-state index contributed by atoms with van der Waals surface area (Å²) in [7, 11) is 0. The van der Waals surface area contributed by atoms with Crippen molar-refractivity contribution in [2.45, 2.75) is 6.18 Å². The van der Waals surface area contributed by atoms with Crippen LogP contribution in [0.2, 0.25) is 15.1 Å². The smallest absolute Gasteiger partial charge is 0.333 e. The fourth-order valence-electron chi connectivity index (χ4n) is 1.42. The van der Waals surface area contributed by atoms with Crippen LogP contribution in [0.5, 0.6) is 0 Å². The summed E-state index contributed by atoms with van der Waals surface area (Å²) in [6, 6.07) is 0. The second kappa shape index (κ2) is 4.39. The maximum Gasteiger partial charge on any atom is 0.449 e. The Balaban J connectivity index is 2.94. The largest absolute Gasteiger partial charge is 0.449 e. The van der Waals surface area contributed by atoms with E-state index in [1.165, 1.54) is 0 Å². The number of imidazole rings is 1. The molecular formula is C8HCl3F3N3O2. The number of benzene rings is 1. The van der Waals surface area contributed by atoms with Gasteiger partial charge in [0, 0.05) is 0 Å². The van der Waals surface area contributed by atoms with Crippen molar-refractivity contribution in [2.24, 2.45) is 0 Å². The molecule has 0 aliphatic rings. The van der Waals surface area contributed by atoms with Crippen LogP contribution < -0.4 is 0 Å². The Morgan fingerprint density at radius 3 is 2.21 bits per heavy atom. The highest BCUT2D eigenvalue weighted by Crippen LogP contribution is 2.44. The number of H-pyrrole nitrogens is 1. The van der Waals surface area contributed by atoms with E-state index in [-0.39, 0.29) is 5.02 Å². The number of halogens is 6. The van der Waals surface area contributed by atoms with Crippen molar-refractivity contribution < 1.29 is 18.1 Å². The quantitative estimate of drug-likeness (QED) is 0.476. The molecule has 0 unspecified atom stereocenters. The average molecular weight is 334 g/mol. The summed E-state index contributed by atoms with van der Waals surface area (Å²) in [6.07, 6.45) is -4.81. The number of nitrogens with one attached hydrogen (secondary N) is 1. The van der Waals surface area contributed by atoms with Crippen molar-refractivity contribution in [1.29, 1.82) is 0 Å². The third-order valence-electron chi connectivity index (χ3n) is 2.19. The standard InChI is InChI=1S/C8HCl3F3N3O2/c9-1-2(10)4-5(6(3(1)11)17(18)19)16-7(15-4)8(12,13)14/h(H,15,16). The summed E-state index contributed by atoms with van der Waals surface area (Å²) in [5, 5.41) is 9.49. The molecule has 0 saturated heterocycles. The summed E-state index contributed by atoms with van der Waals surface area (Å²) in [4.78, 5) is 14.8. The van der Waals surface area contributed by atoms with Crippen LogP contribution in [0.4, 0.5) is 18.9 Å². The van der Waals surface area contributed by atoms with Crippen molar-refractivity contribution in [2.75, 3.05) is 0 Å². The van der Waals surface area contributed by atoms with Gasteiger partial charge in [0.1, 0.15) is 5.02 Å². The molecule has 2 aromatic rings. The van der Waals surface area contributed by atoms with Gasteiger partial charge in [0.05, 0.1) is 20.5 Å². The van der Waals surface area contributed by atoms with Crippen molar-refractivity contribution in [3.8, 4) is 0 Å². The highest BCUT2D eigenvalue weighted by atomic mass is 35.5. The van der Waals surface area contributed by atoms with Gasteiger partial charge >= 0.3 is 11.9 Å². The van der Waals surface area contributed by atoms with E-state index >= 15 is 0 Å². The number of hydrogen-bond donors (Lipinski definition) is 1. The van der Waals surface area contributed by atoms with E-state index in [9.17, 15) is 23.3 Å². The molecular weight excluding hydrogens is 333 g/mol. The van der Waals surface area contributed by atoms with Crippen LogP contribution in [-0.2, 0) is 6.18 Å². The predicted octanol–water partition coefficient (Wildman–Crippen LogP) is 4.45. The SMILES string of the molecule is O=[N+]([O-])c1c(Cl)c(Cl)c(Cl)c2[nH]c(C(F)(F)F)nc12. The van der Waals surface area contributed by atoms with Crippen LogP contribution in [0.25, 0.3) is 11.0 Å². The molecule has 0 aliphatic carbocycles. The molecule has 1 aromatic heterocycles. The number of aromatic nitrogens is 2. The topological polar surface area (TPSA) is 71.8 Å². The normalized spacial score (nSPS) is 12.1. The molecule has 102 valence electrons. The zero-order chi connectivity index (χ0) is 14.5. The van der Waals surface area contributed by atoms with Gasteiger partial charge in [-0.1, -0.05) is 34.8 Å². The fourth-order valence-corrected chi connectivity index (χ4v) is 2.13. The number of nitro benzene ring substituents is 1. The molecule has 19 heavy (non-hydrogen) atoms. The van der Waals surface area contributed by atoms with Crippen LogP contribution >= 0.6 is 34.8 Å². The molecule has 11 heteroatoms. The molecule has 2 rings (SSSR count). The molecule has 5 nitrogen and oxygen atoms in total. The van der Waals surface area contributed by atoms with E-state index in [2.05, 4.69) is 4.98 Å². The summed E-state index contributed by atoms with van der Waals surface area (Å²) in [5.41, 5.74) is -1.83. The Morgan fingerprint density at radius 1 is 1.16 bits per heavy atom. The minimum absolute atomic E-state index is 0.365. The summed E-state index contributed by atoms with van der Waals surface area (Å²) in [6.45, 7) is 0. The van der Waals surface area contributed by atoms with Crippen LogP contribution in [0.15, 0.2) is 0 Å². The van der Waals surface area contributed by atoms with Gasteiger partial charge in [0.15, 0.2) is 5.52 Å². The highest BCUT2D eigenvalue weighted by Gasteiger charge is 2.37. The van der Waals surface area contributed by atoms with E-state index in [4.69, 9.17) is 34.8 Å². The zero-order valence-electron chi connectivity index (χ0n) is 8.48. The zero-order valence-corrected chi connectivity index (χ0v) is 10.7. The summed E-state index contributed by atoms with van der Waals surface area (Å²) >= 11 is 16.9. The third kappa shape index (κ3) is 2.19. The molecule has 0 bridgehead atoms. The maximum atomic E-state index is 12.5. The van der Waals surface area contributed by atoms with E-state index in [0.717, 1.165) is 0 Å². The first-order chi connectivity index (χ1) is 8.64. The monoisotopic (exact) mass is 333 g/mol. The molecule has 0 atom stereocenters. The molecule has 0 spiro atoms. The highest BCUT2D eigenvalue weighted by molar-refractivity contribution is 6.51. The van der Waals surface area contributed by atoms with Gasteiger partial charge in [-0.3, -0.25) is 10.1 Å². The molecule has 0 radical (unpaired) electrons. The molecule has 1 aromatic carbocycles. The Kier molecular flexibility index (Phi) is 3.28. The third-order valence-corrected chi connectivity index (χ3v) is 3.51. The Labute approximate surface area is 117 Å². The fraction of sp³-hybridized carbons (Fsp3) is 0.125. The lowest BCUT2D eigenvalue weighted by molar-refractivity contribution is -0.383.